The molecule has 4 rings (SSSR count). The summed E-state index contributed by atoms with van der Waals surface area (Å²) in [5.41, 5.74) is 7.52. The maximum absolute atomic E-state index is 12.6. The average Bonchev–Trinajstić information content (AvgIpc) is 3.22. The average molecular weight is 417 g/mol. The number of nitrogen functional groups attached to an aromatic ring is 1. The van der Waals surface area contributed by atoms with E-state index in [1.807, 2.05) is 18.2 Å². The standard InChI is InChI=1S/C18H17ClN6O2S/c19-14-3-4-15(28-14)24-18(27)23-12-5-6-25(17(12)26)8-10-1-2-11-13(7-10)21-9-22-16(11)20/h1-4,7,9,12H,5-6,8H2,(H2,20,21,22)(H2,23,24,27)/t12-/m0/s1. The summed E-state index contributed by atoms with van der Waals surface area (Å²) in [6.07, 6.45) is 1.97. The van der Waals surface area contributed by atoms with Crippen molar-refractivity contribution in [3.8, 4) is 0 Å². The molecular formula is C18H17ClN6O2S. The third kappa shape index (κ3) is 3.85. The van der Waals surface area contributed by atoms with Gasteiger partial charge in [0, 0.05) is 18.5 Å². The number of halogens is 1. The van der Waals surface area contributed by atoms with Crippen LogP contribution < -0.4 is 16.4 Å². The fourth-order valence-corrected chi connectivity index (χ4v) is 4.10. The molecule has 8 nitrogen and oxygen atoms in total. The van der Waals surface area contributed by atoms with Gasteiger partial charge in [-0.2, -0.15) is 0 Å². The number of likely N-dealkylation sites (tertiary alicyclic amines) is 1. The first-order chi connectivity index (χ1) is 13.5. The van der Waals surface area contributed by atoms with E-state index < -0.39 is 12.1 Å². The molecule has 4 N–H and O–H groups in total. The maximum atomic E-state index is 12.6. The minimum atomic E-state index is -0.547. The first-order valence-electron chi connectivity index (χ1n) is 8.60. The lowest BCUT2D eigenvalue weighted by Gasteiger charge is -2.17. The number of hydrogen-bond donors (Lipinski definition) is 3. The quantitative estimate of drug-likeness (QED) is 0.605. The van der Waals surface area contributed by atoms with Crippen molar-refractivity contribution in [1.82, 2.24) is 20.2 Å². The second-order valence-electron chi connectivity index (χ2n) is 6.41. The summed E-state index contributed by atoms with van der Waals surface area (Å²) < 4.78 is 0.584. The van der Waals surface area contributed by atoms with Crippen molar-refractivity contribution < 1.29 is 9.59 Å². The lowest BCUT2D eigenvalue weighted by Crippen LogP contribution is -2.43. The van der Waals surface area contributed by atoms with Crippen LogP contribution in [0.2, 0.25) is 4.34 Å². The lowest BCUT2D eigenvalue weighted by molar-refractivity contribution is -0.129. The molecule has 0 aliphatic carbocycles. The summed E-state index contributed by atoms with van der Waals surface area (Å²) >= 11 is 7.11. The lowest BCUT2D eigenvalue weighted by atomic mass is 10.1. The molecule has 1 atom stereocenters. The molecule has 1 aliphatic heterocycles. The molecule has 0 bridgehead atoms. The summed E-state index contributed by atoms with van der Waals surface area (Å²) in [5.74, 6) is 0.317. The van der Waals surface area contributed by atoms with Gasteiger partial charge in [0.05, 0.1) is 14.9 Å². The van der Waals surface area contributed by atoms with Gasteiger partial charge in [-0.25, -0.2) is 14.8 Å². The number of urea groups is 1. The smallest absolute Gasteiger partial charge is 0.320 e. The van der Waals surface area contributed by atoms with Crippen molar-refractivity contribution in [2.45, 2.75) is 19.0 Å². The van der Waals surface area contributed by atoms with Gasteiger partial charge in [0.2, 0.25) is 5.91 Å². The zero-order valence-electron chi connectivity index (χ0n) is 14.7. The molecule has 3 amide bonds. The molecule has 0 saturated carbocycles. The molecule has 2 aromatic heterocycles. The van der Waals surface area contributed by atoms with E-state index in [9.17, 15) is 9.59 Å². The first-order valence-corrected chi connectivity index (χ1v) is 9.80. The molecule has 28 heavy (non-hydrogen) atoms. The van der Waals surface area contributed by atoms with E-state index in [4.69, 9.17) is 17.3 Å². The first kappa shape index (κ1) is 18.5. The van der Waals surface area contributed by atoms with Gasteiger partial charge in [-0.15, -0.1) is 11.3 Å². The van der Waals surface area contributed by atoms with Crippen LogP contribution in [0, 0.1) is 0 Å². The fourth-order valence-electron chi connectivity index (χ4n) is 3.16. The Bertz CT molecular complexity index is 1060. The van der Waals surface area contributed by atoms with Crippen LogP contribution in [0.25, 0.3) is 10.9 Å². The number of rotatable bonds is 4. The molecule has 1 aromatic carbocycles. The molecular weight excluding hydrogens is 400 g/mol. The third-order valence-electron chi connectivity index (χ3n) is 4.52. The van der Waals surface area contributed by atoms with E-state index in [2.05, 4.69) is 20.6 Å². The summed E-state index contributed by atoms with van der Waals surface area (Å²) in [5, 5.41) is 6.82. The zero-order chi connectivity index (χ0) is 19.7. The van der Waals surface area contributed by atoms with Gasteiger partial charge in [-0.1, -0.05) is 17.7 Å². The Balaban J connectivity index is 1.38. The van der Waals surface area contributed by atoms with Crippen LogP contribution in [0.15, 0.2) is 36.7 Å². The SMILES string of the molecule is Nc1ncnc2cc(CN3CC[C@H](NC(=O)Nc4ccc(Cl)s4)C3=O)ccc12. The van der Waals surface area contributed by atoms with E-state index >= 15 is 0 Å². The van der Waals surface area contributed by atoms with Crippen molar-refractivity contribution in [1.29, 1.82) is 0 Å². The molecule has 144 valence electrons. The van der Waals surface area contributed by atoms with Gasteiger partial charge in [0.15, 0.2) is 0 Å². The van der Waals surface area contributed by atoms with E-state index in [1.165, 1.54) is 17.7 Å². The molecule has 0 spiro atoms. The predicted molar refractivity (Wildman–Crippen MR) is 109 cm³/mol. The molecule has 1 saturated heterocycles. The van der Waals surface area contributed by atoms with Crippen LogP contribution in [-0.4, -0.2) is 39.4 Å². The normalized spacial score (nSPS) is 16.5. The molecule has 0 unspecified atom stereocenters. The number of anilines is 2. The molecule has 10 heteroatoms. The number of amides is 3. The number of aromatic nitrogens is 2. The Morgan fingerprint density at radius 2 is 2.18 bits per heavy atom. The molecule has 3 aromatic rings. The highest BCUT2D eigenvalue weighted by atomic mass is 35.5. The van der Waals surface area contributed by atoms with Crippen LogP contribution in [-0.2, 0) is 11.3 Å². The number of nitrogens with one attached hydrogen (secondary N) is 2. The fraction of sp³-hybridized carbons (Fsp3) is 0.222. The zero-order valence-corrected chi connectivity index (χ0v) is 16.3. The van der Waals surface area contributed by atoms with Crippen LogP contribution in [0.5, 0.6) is 0 Å². The van der Waals surface area contributed by atoms with Crippen molar-refractivity contribution in [2.24, 2.45) is 0 Å². The number of carbonyl (C=O) groups excluding carboxylic acids is 2. The van der Waals surface area contributed by atoms with Gasteiger partial charge >= 0.3 is 6.03 Å². The highest BCUT2D eigenvalue weighted by Crippen LogP contribution is 2.26. The number of fused-ring (bicyclic) bond motifs is 1. The largest absolute Gasteiger partial charge is 0.383 e. The van der Waals surface area contributed by atoms with E-state index in [0.717, 1.165) is 16.5 Å². The number of carbonyl (C=O) groups is 2. The molecule has 0 radical (unpaired) electrons. The monoisotopic (exact) mass is 416 g/mol. The van der Waals surface area contributed by atoms with Crippen molar-refractivity contribution in [3.63, 3.8) is 0 Å². The number of nitrogens with two attached hydrogens (primary N) is 1. The van der Waals surface area contributed by atoms with Crippen LogP contribution in [0.1, 0.15) is 12.0 Å². The van der Waals surface area contributed by atoms with Crippen LogP contribution >= 0.6 is 22.9 Å². The molecule has 1 fully saturated rings. The van der Waals surface area contributed by atoms with Crippen molar-refractivity contribution in [2.75, 3.05) is 17.6 Å². The number of thiophene rings is 1. The van der Waals surface area contributed by atoms with Gasteiger partial charge in [0.1, 0.15) is 18.2 Å². The van der Waals surface area contributed by atoms with Gasteiger partial charge in [-0.05, 0) is 36.2 Å². The Labute approximate surface area is 169 Å². The van der Waals surface area contributed by atoms with Gasteiger partial charge in [0.25, 0.3) is 0 Å². The summed E-state index contributed by atoms with van der Waals surface area (Å²) in [6, 6.07) is 8.11. The topological polar surface area (TPSA) is 113 Å². The number of hydrogen-bond acceptors (Lipinski definition) is 6. The van der Waals surface area contributed by atoms with E-state index in [-0.39, 0.29) is 5.91 Å². The van der Waals surface area contributed by atoms with Crippen LogP contribution in [0.4, 0.5) is 15.6 Å². The van der Waals surface area contributed by atoms with Gasteiger partial charge in [-0.3, -0.25) is 10.1 Å². The second-order valence-corrected chi connectivity index (χ2v) is 8.13. The molecule has 1 aliphatic rings. The Kier molecular flexibility index (Phi) is 5.01. The Hall–Kier alpha value is -2.91. The third-order valence-corrected chi connectivity index (χ3v) is 5.66. The summed E-state index contributed by atoms with van der Waals surface area (Å²) in [4.78, 5) is 34.7. The van der Waals surface area contributed by atoms with Crippen molar-refractivity contribution >= 4 is 56.6 Å². The highest BCUT2D eigenvalue weighted by Gasteiger charge is 2.32. The van der Waals surface area contributed by atoms with Crippen molar-refractivity contribution in [3.05, 3.63) is 46.6 Å². The maximum Gasteiger partial charge on any atom is 0.320 e. The van der Waals surface area contributed by atoms with Crippen LogP contribution in [0.3, 0.4) is 0 Å². The highest BCUT2D eigenvalue weighted by molar-refractivity contribution is 7.20. The number of nitrogens with zero attached hydrogens (tertiary/aromatic N) is 3. The summed E-state index contributed by atoms with van der Waals surface area (Å²) in [6.45, 7) is 1.01. The predicted octanol–water partition coefficient (Wildman–Crippen LogP) is 2.85. The summed E-state index contributed by atoms with van der Waals surface area (Å²) in [7, 11) is 0. The van der Waals surface area contributed by atoms with Gasteiger partial charge < -0.3 is 16.0 Å². The minimum Gasteiger partial charge on any atom is -0.383 e. The minimum absolute atomic E-state index is 0.110. The number of benzene rings is 1. The van der Waals surface area contributed by atoms with E-state index in [1.54, 1.807) is 17.0 Å². The Morgan fingerprint density at radius 1 is 1.32 bits per heavy atom. The van der Waals surface area contributed by atoms with E-state index in [0.29, 0.717) is 34.7 Å². The molecule has 3 heterocycles. The Morgan fingerprint density at radius 3 is 2.96 bits per heavy atom. The second kappa shape index (κ2) is 7.61.